The molecule has 0 spiro atoms. The van der Waals surface area contributed by atoms with E-state index in [0.29, 0.717) is 11.9 Å². The van der Waals surface area contributed by atoms with Crippen LogP contribution in [0.1, 0.15) is 36.5 Å². The molecule has 0 radical (unpaired) electrons. The molecule has 1 heterocycles. The standard InChI is InChI=1S/C16H25NO2/c1-4-19-15-6-5-7-17(11-15)10-14-8-12(2)16(18)13(3)9-14/h8-9,15,18H,4-7,10-11H2,1-3H3. The number of hydrogen-bond donors (Lipinski definition) is 1. The molecule has 2 rings (SSSR count). The molecular formula is C16H25NO2. The number of likely N-dealkylation sites (tertiary alicyclic amines) is 1. The summed E-state index contributed by atoms with van der Waals surface area (Å²) in [5.74, 6) is 0.426. The van der Waals surface area contributed by atoms with Gasteiger partial charge in [-0.25, -0.2) is 0 Å². The van der Waals surface area contributed by atoms with E-state index in [1.165, 1.54) is 18.4 Å². The lowest BCUT2D eigenvalue weighted by Crippen LogP contribution is -2.39. The average Bonchev–Trinajstić information content (AvgIpc) is 2.37. The first-order chi connectivity index (χ1) is 9.10. The molecule has 0 saturated carbocycles. The van der Waals surface area contributed by atoms with Gasteiger partial charge in [-0.2, -0.15) is 0 Å². The van der Waals surface area contributed by atoms with Gasteiger partial charge in [0.2, 0.25) is 0 Å². The third-order valence-electron chi connectivity index (χ3n) is 3.82. The molecule has 0 aromatic heterocycles. The summed E-state index contributed by atoms with van der Waals surface area (Å²) < 4.78 is 5.74. The Kier molecular flexibility index (Phi) is 4.83. The molecule has 1 N–H and O–H groups in total. The maximum Gasteiger partial charge on any atom is 0.121 e. The highest BCUT2D eigenvalue weighted by Crippen LogP contribution is 2.24. The molecule has 1 fully saturated rings. The Morgan fingerprint density at radius 1 is 1.32 bits per heavy atom. The Morgan fingerprint density at radius 2 is 2.00 bits per heavy atom. The lowest BCUT2D eigenvalue weighted by Gasteiger charge is -2.32. The molecule has 3 nitrogen and oxygen atoms in total. The van der Waals surface area contributed by atoms with E-state index in [0.717, 1.165) is 37.4 Å². The molecule has 3 heteroatoms. The molecular weight excluding hydrogens is 238 g/mol. The van der Waals surface area contributed by atoms with Gasteiger partial charge in [-0.05, 0) is 56.8 Å². The van der Waals surface area contributed by atoms with Crippen LogP contribution in [0.5, 0.6) is 5.75 Å². The van der Waals surface area contributed by atoms with E-state index in [9.17, 15) is 5.11 Å². The van der Waals surface area contributed by atoms with Crippen molar-refractivity contribution in [1.29, 1.82) is 0 Å². The Hall–Kier alpha value is -1.06. The summed E-state index contributed by atoms with van der Waals surface area (Å²) in [6.45, 7) is 9.90. The van der Waals surface area contributed by atoms with Gasteiger partial charge in [0, 0.05) is 19.7 Å². The number of phenolic OH excluding ortho intramolecular Hbond substituents is 1. The van der Waals surface area contributed by atoms with E-state index in [1.807, 2.05) is 13.8 Å². The van der Waals surface area contributed by atoms with E-state index in [2.05, 4.69) is 24.0 Å². The molecule has 1 aliphatic heterocycles. The zero-order chi connectivity index (χ0) is 13.8. The second-order valence-corrected chi connectivity index (χ2v) is 5.53. The van der Waals surface area contributed by atoms with E-state index in [-0.39, 0.29) is 0 Å². The Morgan fingerprint density at radius 3 is 2.63 bits per heavy atom. The molecule has 19 heavy (non-hydrogen) atoms. The van der Waals surface area contributed by atoms with Crippen LogP contribution in [0.2, 0.25) is 0 Å². The van der Waals surface area contributed by atoms with E-state index in [1.54, 1.807) is 0 Å². The first kappa shape index (κ1) is 14.4. The predicted octanol–water partition coefficient (Wildman–Crippen LogP) is 3.01. The van der Waals surface area contributed by atoms with Crippen LogP contribution in [0.15, 0.2) is 12.1 Å². The second-order valence-electron chi connectivity index (χ2n) is 5.53. The number of aryl methyl sites for hydroxylation is 2. The fraction of sp³-hybridized carbons (Fsp3) is 0.625. The lowest BCUT2D eigenvalue weighted by atomic mass is 10.0. The SMILES string of the molecule is CCOC1CCCN(Cc2cc(C)c(O)c(C)c2)C1. The Bertz CT molecular complexity index is 406. The van der Waals surface area contributed by atoms with Gasteiger partial charge >= 0.3 is 0 Å². The zero-order valence-corrected chi connectivity index (χ0v) is 12.3. The summed E-state index contributed by atoms with van der Waals surface area (Å²) in [5.41, 5.74) is 3.21. The fourth-order valence-corrected chi connectivity index (χ4v) is 2.92. The first-order valence-corrected chi connectivity index (χ1v) is 7.23. The summed E-state index contributed by atoms with van der Waals surface area (Å²) in [6, 6.07) is 4.18. The number of rotatable bonds is 4. The number of piperidine rings is 1. The van der Waals surface area contributed by atoms with Gasteiger partial charge in [-0.15, -0.1) is 0 Å². The van der Waals surface area contributed by atoms with Gasteiger partial charge in [0.25, 0.3) is 0 Å². The van der Waals surface area contributed by atoms with Crippen molar-refractivity contribution < 1.29 is 9.84 Å². The molecule has 1 saturated heterocycles. The Labute approximate surface area is 116 Å². The minimum absolute atomic E-state index is 0.387. The van der Waals surface area contributed by atoms with Gasteiger partial charge in [0.15, 0.2) is 0 Å². The van der Waals surface area contributed by atoms with Crippen LogP contribution in [0.3, 0.4) is 0 Å². The first-order valence-electron chi connectivity index (χ1n) is 7.23. The molecule has 1 aromatic carbocycles. The highest BCUT2D eigenvalue weighted by Gasteiger charge is 2.20. The van der Waals surface area contributed by atoms with Crippen LogP contribution < -0.4 is 0 Å². The molecule has 0 amide bonds. The highest BCUT2D eigenvalue weighted by molar-refractivity contribution is 5.42. The van der Waals surface area contributed by atoms with Crippen LogP contribution in [-0.4, -0.2) is 35.8 Å². The van der Waals surface area contributed by atoms with E-state index < -0.39 is 0 Å². The van der Waals surface area contributed by atoms with Gasteiger partial charge in [-0.3, -0.25) is 4.90 Å². The predicted molar refractivity (Wildman–Crippen MR) is 77.5 cm³/mol. The Balaban J connectivity index is 2.00. The van der Waals surface area contributed by atoms with Crippen molar-refractivity contribution in [1.82, 2.24) is 4.90 Å². The van der Waals surface area contributed by atoms with Crippen molar-refractivity contribution in [2.75, 3.05) is 19.7 Å². The molecule has 1 aliphatic rings. The third kappa shape index (κ3) is 3.71. The summed E-state index contributed by atoms with van der Waals surface area (Å²) in [4.78, 5) is 2.45. The number of hydrogen-bond acceptors (Lipinski definition) is 3. The second kappa shape index (κ2) is 6.40. The van der Waals surface area contributed by atoms with Crippen molar-refractivity contribution in [2.24, 2.45) is 0 Å². The van der Waals surface area contributed by atoms with Crippen LogP contribution >= 0.6 is 0 Å². The summed E-state index contributed by atoms with van der Waals surface area (Å²) in [6.07, 6.45) is 2.77. The van der Waals surface area contributed by atoms with Crippen molar-refractivity contribution in [3.05, 3.63) is 28.8 Å². The van der Waals surface area contributed by atoms with Crippen LogP contribution in [0.4, 0.5) is 0 Å². The molecule has 0 aliphatic carbocycles. The quantitative estimate of drug-likeness (QED) is 0.906. The smallest absolute Gasteiger partial charge is 0.121 e. The summed E-state index contributed by atoms with van der Waals surface area (Å²) >= 11 is 0. The van der Waals surface area contributed by atoms with E-state index in [4.69, 9.17) is 4.74 Å². The number of benzene rings is 1. The number of aromatic hydroxyl groups is 1. The largest absolute Gasteiger partial charge is 0.507 e. The molecule has 1 aromatic rings. The van der Waals surface area contributed by atoms with Crippen molar-refractivity contribution in [2.45, 2.75) is 46.3 Å². The minimum Gasteiger partial charge on any atom is -0.507 e. The maximum absolute atomic E-state index is 9.82. The average molecular weight is 263 g/mol. The molecule has 1 unspecified atom stereocenters. The van der Waals surface area contributed by atoms with Gasteiger partial charge in [0.05, 0.1) is 6.10 Å². The topological polar surface area (TPSA) is 32.7 Å². The highest BCUT2D eigenvalue weighted by atomic mass is 16.5. The van der Waals surface area contributed by atoms with Crippen molar-refractivity contribution >= 4 is 0 Å². The van der Waals surface area contributed by atoms with Crippen LogP contribution in [0, 0.1) is 13.8 Å². The maximum atomic E-state index is 9.82. The monoisotopic (exact) mass is 263 g/mol. The number of nitrogens with zero attached hydrogens (tertiary/aromatic N) is 1. The summed E-state index contributed by atoms with van der Waals surface area (Å²) in [7, 11) is 0. The van der Waals surface area contributed by atoms with Crippen LogP contribution in [-0.2, 0) is 11.3 Å². The van der Waals surface area contributed by atoms with Crippen molar-refractivity contribution in [3.8, 4) is 5.75 Å². The van der Waals surface area contributed by atoms with E-state index >= 15 is 0 Å². The van der Waals surface area contributed by atoms with Gasteiger partial charge in [0.1, 0.15) is 5.75 Å². The van der Waals surface area contributed by atoms with Crippen molar-refractivity contribution in [3.63, 3.8) is 0 Å². The van der Waals surface area contributed by atoms with Gasteiger partial charge < -0.3 is 9.84 Å². The number of ether oxygens (including phenoxy) is 1. The minimum atomic E-state index is 0.387. The third-order valence-corrected chi connectivity index (χ3v) is 3.82. The zero-order valence-electron chi connectivity index (χ0n) is 12.3. The summed E-state index contributed by atoms with van der Waals surface area (Å²) in [5, 5.41) is 9.82. The van der Waals surface area contributed by atoms with Gasteiger partial charge in [-0.1, -0.05) is 12.1 Å². The molecule has 0 bridgehead atoms. The molecule has 106 valence electrons. The fourth-order valence-electron chi connectivity index (χ4n) is 2.92. The molecule has 1 atom stereocenters. The number of phenols is 1. The lowest BCUT2D eigenvalue weighted by molar-refractivity contribution is 0.00362. The van der Waals surface area contributed by atoms with Crippen LogP contribution in [0.25, 0.3) is 0 Å². The normalized spacial score (nSPS) is 20.7.